The van der Waals surface area contributed by atoms with Crippen LogP contribution in [-0.2, 0) is 6.18 Å². The molecule has 3 N–H and O–H groups in total. The fraction of sp³-hybridized carbons (Fsp3) is 0.500. The minimum atomic E-state index is -4.62. The summed E-state index contributed by atoms with van der Waals surface area (Å²) in [6, 6.07) is -0.246. The zero-order valence-corrected chi connectivity index (χ0v) is 9.88. The van der Waals surface area contributed by atoms with Crippen molar-refractivity contribution in [1.29, 1.82) is 0 Å². The van der Waals surface area contributed by atoms with Crippen LogP contribution in [0.4, 0.5) is 13.2 Å². The Balaban J connectivity index is 2.89. The van der Waals surface area contributed by atoms with Crippen LogP contribution in [0.2, 0.25) is 0 Å². The highest BCUT2D eigenvalue weighted by molar-refractivity contribution is 5.94. The maximum atomic E-state index is 12.3. The van der Waals surface area contributed by atoms with Gasteiger partial charge in [-0.05, 0) is 13.8 Å². The third-order valence-electron chi connectivity index (χ3n) is 2.06. The maximum absolute atomic E-state index is 12.3. The lowest BCUT2D eigenvalue weighted by atomic mass is 10.2. The summed E-state index contributed by atoms with van der Waals surface area (Å²) >= 11 is 0. The molecule has 18 heavy (non-hydrogen) atoms. The number of halogens is 3. The molecule has 0 aromatic carbocycles. The Hall–Kier alpha value is -1.70. The Labute approximate surface area is 102 Å². The van der Waals surface area contributed by atoms with Gasteiger partial charge in [0.15, 0.2) is 0 Å². The number of nitrogens with two attached hydrogens (primary N) is 1. The molecular weight excluding hydrogens is 249 g/mol. The van der Waals surface area contributed by atoms with Crippen LogP contribution in [0.3, 0.4) is 0 Å². The normalized spacial score (nSPS) is 13.2. The number of hydrogen-bond acceptors (Lipinski definition) is 4. The van der Waals surface area contributed by atoms with Crippen LogP contribution in [0.15, 0.2) is 6.20 Å². The summed E-state index contributed by atoms with van der Waals surface area (Å²) in [6.45, 7) is 3.23. The van der Waals surface area contributed by atoms with Gasteiger partial charge in [0.05, 0.1) is 11.3 Å². The van der Waals surface area contributed by atoms with E-state index in [1.807, 2.05) is 0 Å². The Kier molecular flexibility index (Phi) is 4.23. The molecule has 0 aliphatic heterocycles. The molecule has 0 aliphatic rings. The van der Waals surface area contributed by atoms with Gasteiger partial charge >= 0.3 is 6.18 Å². The van der Waals surface area contributed by atoms with Crippen molar-refractivity contribution in [3.63, 3.8) is 0 Å². The van der Waals surface area contributed by atoms with E-state index in [4.69, 9.17) is 5.73 Å². The molecule has 0 aliphatic carbocycles. The number of aromatic nitrogens is 2. The molecule has 5 nitrogen and oxygen atoms in total. The molecule has 1 rings (SSSR count). The topological polar surface area (TPSA) is 80.9 Å². The molecule has 0 bridgehead atoms. The largest absolute Gasteiger partial charge is 0.451 e. The van der Waals surface area contributed by atoms with Crippen molar-refractivity contribution < 1.29 is 18.0 Å². The zero-order valence-electron chi connectivity index (χ0n) is 9.88. The minimum Gasteiger partial charge on any atom is -0.350 e. The number of rotatable bonds is 3. The first kappa shape index (κ1) is 14.4. The number of alkyl halides is 3. The second-order valence-corrected chi connectivity index (χ2v) is 3.88. The van der Waals surface area contributed by atoms with Crippen molar-refractivity contribution >= 4 is 5.91 Å². The van der Waals surface area contributed by atoms with Crippen LogP contribution < -0.4 is 11.1 Å². The Morgan fingerprint density at radius 2 is 2.17 bits per heavy atom. The number of amides is 1. The first-order valence-corrected chi connectivity index (χ1v) is 5.16. The molecule has 100 valence electrons. The van der Waals surface area contributed by atoms with Gasteiger partial charge in [0.2, 0.25) is 5.82 Å². The third kappa shape index (κ3) is 3.66. The fourth-order valence-corrected chi connectivity index (χ4v) is 1.18. The Morgan fingerprint density at radius 3 is 2.61 bits per heavy atom. The van der Waals surface area contributed by atoms with E-state index in [1.54, 1.807) is 6.92 Å². The first-order chi connectivity index (χ1) is 8.21. The van der Waals surface area contributed by atoms with Crippen LogP contribution in [0.1, 0.15) is 28.8 Å². The lowest BCUT2D eigenvalue weighted by Crippen LogP contribution is -2.35. The van der Waals surface area contributed by atoms with Gasteiger partial charge < -0.3 is 11.1 Å². The van der Waals surface area contributed by atoms with Gasteiger partial charge in [-0.25, -0.2) is 9.97 Å². The summed E-state index contributed by atoms with van der Waals surface area (Å²) in [5.74, 6) is -1.80. The van der Waals surface area contributed by atoms with Crippen molar-refractivity contribution in [2.75, 3.05) is 6.54 Å². The molecule has 1 aromatic heterocycles. The monoisotopic (exact) mass is 262 g/mol. The number of nitrogens with one attached hydrogen (secondary N) is 1. The van der Waals surface area contributed by atoms with Gasteiger partial charge in [-0.2, -0.15) is 13.2 Å². The number of carbonyl (C=O) groups excluding carboxylic acids is 1. The van der Waals surface area contributed by atoms with Gasteiger partial charge in [0.25, 0.3) is 5.91 Å². The first-order valence-electron chi connectivity index (χ1n) is 5.16. The molecule has 0 fully saturated rings. The predicted molar refractivity (Wildman–Crippen MR) is 57.8 cm³/mol. The van der Waals surface area contributed by atoms with Gasteiger partial charge in [0.1, 0.15) is 0 Å². The molecule has 1 unspecified atom stereocenters. The van der Waals surface area contributed by atoms with E-state index in [0.717, 1.165) is 6.20 Å². The van der Waals surface area contributed by atoms with Crippen molar-refractivity contribution in [2.24, 2.45) is 5.73 Å². The number of aryl methyl sites for hydroxylation is 1. The van der Waals surface area contributed by atoms with Crippen LogP contribution in [-0.4, -0.2) is 28.5 Å². The van der Waals surface area contributed by atoms with Crippen molar-refractivity contribution in [3.8, 4) is 0 Å². The molecule has 0 spiro atoms. The minimum absolute atomic E-state index is 0.00338. The van der Waals surface area contributed by atoms with Gasteiger partial charge in [0, 0.05) is 18.8 Å². The standard InChI is InChI=1S/C10H13F3N4O/c1-5(14)3-15-8(18)7-4-16-9(10(11,12)13)17-6(7)2/h4-5H,3,14H2,1-2H3,(H,15,18). The Bertz CT molecular complexity index is 445. The summed E-state index contributed by atoms with van der Waals surface area (Å²) in [5.41, 5.74) is 5.42. The molecule has 1 heterocycles. The van der Waals surface area contributed by atoms with E-state index < -0.39 is 17.9 Å². The summed E-state index contributed by atoms with van der Waals surface area (Å²) in [4.78, 5) is 18.0. The fourth-order valence-electron chi connectivity index (χ4n) is 1.18. The average Bonchev–Trinajstić information content (AvgIpc) is 2.24. The van der Waals surface area contributed by atoms with Gasteiger partial charge in [-0.15, -0.1) is 0 Å². The van der Waals surface area contributed by atoms with E-state index >= 15 is 0 Å². The van der Waals surface area contributed by atoms with E-state index in [9.17, 15) is 18.0 Å². The molecule has 0 saturated heterocycles. The molecule has 8 heteroatoms. The van der Waals surface area contributed by atoms with Crippen LogP contribution >= 0.6 is 0 Å². The van der Waals surface area contributed by atoms with E-state index in [-0.39, 0.29) is 23.8 Å². The molecular formula is C10H13F3N4O. The quantitative estimate of drug-likeness (QED) is 0.847. The molecule has 1 aromatic rings. The van der Waals surface area contributed by atoms with Gasteiger partial charge in [-0.3, -0.25) is 4.79 Å². The van der Waals surface area contributed by atoms with Crippen LogP contribution in [0.25, 0.3) is 0 Å². The lowest BCUT2D eigenvalue weighted by molar-refractivity contribution is -0.145. The third-order valence-corrected chi connectivity index (χ3v) is 2.06. The lowest BCUT2D eigenvalue weighted by Gasteiger charge is -2.10. The summed E-state index contributed by atoms with van der Waals surface area (Å²) in [5, 5.41) is 2.47. The van der Waals surface area contributed by atoms with E-state index in [2.05, 4.69) is 15.3 Å². The molecule has 0 radical (unpaired) electrons. The molecule has 1 atom stereocenters. The summed E-state index contributed by atoms with van der Waals surface area (Å²) in [7, 11) is 0. The highest BCUT2D eigenvalue weighted by Crippen LogP contribution is 2.26. The SMILES string of the molecule is Cc1nc(C(F)(F)F)ncc1C(=O)NCC(C)N. The average molecular weight is 262 g/mol. The highest BCUT2D eigenvalue weighted by atomic mass is 19.4. The summed E-state index contributed by atoms with van der Waals surface area (Å²) in [6.07, 6.45) is -3.76. The number of nitrogens with zero attached hydrogens (tertiary/aromatic N) is 2. The van der Waals surface area contributed by atoms with E-state index in [0.29, 0.717) is 0 Å². The van der Waals surface area contributed by atoms with Crippen molar-refractivity contribution in [2.45, 2.75) is 26.1 Å². The predicted octanol–water partition coefficient (Wildman–Crippen LogP) is 0.881. The summed E-state index contributed by atoms with van der Waals surface area (Å²) < 4.78 is 36.9. The number of hydrogen-bond donors (Lipinski definition) is 2. The van der Waals surface area contributed by atoms with E-state index in [1.165, 1.54) is 6.92 Å². The van der Waals surface area contributed by atoms with Gasteiger partial charge in [-0.1, -0.05) is 0 Å². The molecule has 1 amide bonds. The second-order valence-electron chi connectivity index (χ2n) is 3.88. The smallest absolute Gasteiger partial charge is 0.350 e. The Morgan fingerprint density at radius 1 is 1.56 bits per heavy atom. The van der Waals surface area contributed by atoms with Crippen molar-refractivity contribution in [3.05, 3.63) is 23.3 Å². The highest BCUT2D eigenvalue weighted by Gasteiger charge is 2.35. The molecule has 0 saturated carbocycles. The van der Waals surface area contributed by atoms with Crippen molar-refractivity contribution in [1.82, 2.24) is 15.3 Å². The number of carbonyl (C=O) groups is 1. The van der Waals surface area contributed by atoms with Crippen LogP contribution in [0, 0.1) is 6.92 Å². The maximum Gasteiger partial charge on any atom is 0.451 e. The second kappa shape index (κ2) is 5.30. The van der Waals surface area contributed by atoms with Crippen LogP contribution in [0.5, 0.6) is 0 Å². The zero-order chi connectivity index (χ0) is 13.9.